The number of amides is 1. The molecule has 0 unspecified atom stereocenters. The van der Waals surface area contributed by atoms with E-state index < -0.39 is 5.91 Å². The van der Waals surface area contributed by atoms with Gasteiger partial charge in [0.05, 0.1) is 27.8 Å². The van der Waals surface area contributed by atoms with Gasteiger partial charge in [0.25, 0.3) is 5.56 Å². The Morgan fingerprint density at radius 2 is 1.24 bits per heavy atom. The molecule has 8 aromatic rings. The largest absolute Gasteiger partial charge is 0.324 e. The average Bonchev–Trinajstić information content (AvgIpc) is 3.44. The van der Waals surface area contributed by atoms with E-state index in [0.717, 1.165) is 33.1 Å². The Labute approximate surface area is 271 Å². The van der Waals surface area contributed by atoms with Crippen molar-refractivity contribution in [3.8, 4) is 22.5 Å². The van der Waals surface area contributed by atoms with Gasteiger partial charge in [-0.2, -0.15) is 10.2 Å². The Morgan fingerprint density at radius 1 is 0.674 bits per heavy atom. The quantitative estimate of drug-likeness (QED) is 0.205. The molecule has 0 fully saturated rings. The number of nitrogens with zero attached hydrogens (tertiary/aromatic N) is 5. The van der Waals surface area contributed by atoms with Crippen LogP contribution in [0.3, 0.4) is 0 Å². The van der Waals surface area contributed by atoms with Crippen LogP contribution in [0.25, 0.3) is 60.7 Å². The van der Waals surface area contributed by atoms with Crippen LogP contribution in [0, 0.1) is 0 Å². The van der Waals surface area contributed by atoms with Crippen molar-refractivity contribution >= 4 is 73.0 Å². The molecule has 5 aromatic carbocycles. The monoisotopic (exact) mass is 640 g/mol. The van der Waals surface area contributed by atoms with Crippen molar-refractivity contribution in [3.63, 3.8) is 0 Å². The summed E-state index contributed by atoms with van der Waals surface area (Å²) in [5.41, 5.74) is 5.45. The van der Waals surface area contributed by atoms with E-state index in [-0.39, 0.29) is 12.1 Å². The summed E-state index contributed by atoms with van der Waals surface area (Å²) < 4.78 is 3.02. The smallest absolute Gasteiger partial charge is 0.275 e. The first kappa shape index (κ1) is 27.9. The van der Waals surface area contributed by atoms with E-state index >= 15 is 0 Å². The molecule has 0 atom stereocenters. The Balaban J connectivity index is 1.15. The van der Waals surface area contributed by atoms with Gasteiger partial charge in [0, 0.05) is 43.0 Å². The first-order valence-electron chi connectivity index (χ1n) is 14.5. The van der Waals surface area contributed by atoms with Crippen LogP contribution in [0.5, 0.6) is 0 Å². The molecule has 46 heavy (non-hydrogen) atoms. The van der Waals surface area contributed by atoms with Crippen LogP contribution < -0.4 is 10.9 Å². The summed E-state index contributed by atoms with van der Waals surface area (Å²) in [4.78, 5) is 31.5. The van der Waals surface area contributed by atoms with Gasteiger partial charge >= 0.3 is 0 Å². The fourth-order valence-corrected chi connectivity index (χ4v) is 6.03. The van der Waals surface area contributed by atoms with Gasteiger partial charge in [0.1, 0.15) is 6.54 Å². The number of rotatable bonds is 5. The number of carbonyl (C=O) groups is 1. The fourth-order valence-electron chi connectivity index (χ4n) is 5.78. The summed E-state index contributed by atoms with van der Waals surface area (Å²) in [7, 11) is 0. The van der Waals surface area contributed by atoms with Crippen LogP contribution in [-0.4, -0.2) is 30.3 Å². The van der Waals surface area contributed by atoms with Gasteiger partial charge in [-0.3, -0.25) is 9.59 Å². The van der Waals surface area contributed by atoms with Crippen LogP contribution >= 0.6 is 23.2 Å². The summed E-state index contributed by atoms with van der Waals surface area (Å²) in [5.74, 6) is -0.399. The van der Waals surface area contributed by atoms with Crippen LogP contribution in [-0.2, 0) is 11.3 Å². The molecule has 0 radical (unpaired) electrons. The van der Waals surface area contributed by atoms with E-state index in [0.29, 0.717) is 43.4 Å². The van der Waals surface area contributed by atoms with E-state index in [1.807, 2.05) is 83.4 Å². The molecule has 1 N–H and O–H groups in total. The molecule has 0 spiro atoms. The molecule has 0 saturated carbocycles. The minimum absolute atomic E-state index is 0.274. The maximum atomic E-state index is 13.4. The van der Waals surface area contributed by atoms with Crippen LogP contribution in [0.15, 0.2) is 120 Å². The van der Waals surface area contributed by atoms with E-state index in [4.69, 9.17) is 33.3 Å². The lowest BCUT2D eigenvalue weighted by Gasteiger charge is -2.12. The number of hydrogen-bond acceptors (Lipinski definition) is 5. The standard InChI is InChI=1S/C36H22Cl2N6O2/c37-23-13-9-21(10-14-23)33-27-6-2-4-8-29(27)36(46)43(41-33)20-32(45)39-25-17-18-31-30(19-25)40-35-28-7-3-1-5-26(28)34(42-44(31)35)22-11-15-24(38)16-12-22/h1-19H,20H2,(H,39,45). The zero-order valence-electron chi connectivity index (χ0n) is 24.0. The van der Waals surface area contributed by atoms with Gasteiger partial charge in [0.2, 0.25) is 5.91 Å². The fraction of sp³-hybridized carbons (Fsp3) is 0.0278. The van der Waals surface area contributed by atoms with Crippen molar-refractivity contribution in [3.05, 3.63) is 136 Å². The molecule has 0 aliphatic heterocycles. The number of anilines is 1. The number of imidazole rings is 1. The molecule has 1 amide bonds. The number of fused-ring (bicyclic) bond motifs is 6. The topological polar surface area (TPSA) is 94.2 Å². The van der Waals surface area contributed by atoms with Gasteiger partial charge in [0.15, 0.2) is 5.65 Å². The van der Waals surface area contributed by atoms with Gasteiger partial charge in [-0.1, -0.05) is 89.9 Å². The van der Waals surface area contributed by atoms with E-state index in [1.54, 1.807) is 36.4 Å². The number of halogens is 2. The summed E-state index contributed by atoms with van der Waals surface area (Å²) >= 11 is 12.2. The lowest BCUT2D eigenvalue weighted by Crippen LogP contribution is -2.30. The molecule has 3 heterocycles. The zero-order chi connectivity index (χ0) is 31.4. The van der Waals surface area contributed by atoms with Gasteiger partial charge in [-0.15, -0.1) is 0 Å². The van der Waals surface area contributed by atoms with Gasteiger partial charge in [-0.05, 0) is 48.5 Å². The first-order chi connectivity index (χ1) is 22.4. The lowest BCUT2D eigenvalue weighted by molar-refractivity contribution is -0.117. The second-order valence-electron chi connectivity index (χ2n) is 10.9. The minimum atomic E-state index is -0.399. The Morgan fingerprint density at radius 3 is 1.89 bits per heavy atom. The van der Waals surface area contributed by atoms with Crippen LogP contribution in [0.2, 0.25) is 10.0 Å². The molecular formula is C36H22Cl2N6O2. The SMILES string of the molecule is O=C(Cn1nc(-c2ccc(Cl)cc2)c2ccccc2c1=O)Nc1ccc2c(c1)nc1c3ccccc3c(-c3ccc(Cl)cc3)nn21. The second kappa shape index (κ2) is 11.1. The third kappa shape index (κ3) is 4.84. The molecule has 222 valence electrons. The van der Waals surface area contributed by atoms with E-state index in [1.165, 1.54) is 4.68 Å². The van der Waals surface area contributed by atoms with E-state index in [9.17, 15) is 9.59 Å². The summed E-state index contributed by atoms with van der Waals surface area (Å²) in [6.45, 7) is -0.274. The maximum Gasteiger partial charge on any atom is 0.275 e. The van der Waals surface area contributed by atoms with E-state index in [2.05, 4.69) is 10.4 Å². The Hall–Kier alpha value is -5.57. The van der Waals surface area contributed by atoms with Gasteiger partial charge < -0.3 is 5.32 Å². The minimum Gasteiger partial charge on any atom is -0.324 e. The number of aromatic nitrogens is 5. The molecule has 10 heteroatoms. The Kier molecular flexibility index (Phi) is 6.74. The van der Waals surface area contributed by atoms with Crippen molar-refractivity contribution in [1.29, 1.82) is 0 Å². The van der Waals surface area contributed by atoms with Crippen LogP contribution in [0.1, 0.15) is 0 Å². The van der Waals surface area contributed by atoms with Crippen molar-refractivity contribution in [2.75, 3.05) is 5.32 Å². The van der Waals surface area contributed by atoms with Crippen molar-refractivity contribution in [1.82, 2.24) is 24.4 Å². The third-order valence-corrected chi connectivity index (χ3v) is 8.44. The highest BCUT2D eigenvalue weighted by Crippen LogP contribution is 2.32. The van der Waals surface area contributed by atoms with Crippen molar-refractivity contribution in [2.45, 2.75) is 6.54 Å². The predicted molar refractivity (Wildman–Crippen MR) is 184 cm³/mol. The van der Waals surface area contributed by atoms with Crippen molar-refractivity contribution < 1.29 is 4.79 Å². The first-order valence-corrected chi connectivity index (χ1v) is 15.2. The molecule has 0 aliphatic carbocycles. The van der Waals surface area contributed by atoms with Gasteiger partial charge in [-0.25, -0.2) is 14.2 Å². The lowest BCUT2D eigenvalue weighted by atomic mass is 10.1. The predicted octanol–water partition coefficient (Wildman–Crippen LogP) is 8.03. The Bertz CT molecular complexity index is 2540. The molecule has 0 saturated heterocycles. The molecular weight excluding hydrogens is 619 g/mol. The normalized spacial score (nSPS) is 11.5. The maximum absolute atomic E-state index is 13.4. The molecule has 8 nitrogen and oxygen atoms in total. The summed E-state index contributed by atoms with van der Waals surface area (Å²) in [5, 5.41) is 16.8. The highest BCUT2D eigenvalue weighted by molar-refractivity contribution is 6.31. The molecule has 0 aliphatic rings. The number of carbonyl (C=O) groups excluding carboxylic acids is 1. The molecule has 8 rings (SSSR count). The second-order valence-corrected chi connectivity index (χ2v) is 11.7. The zero-order valence-corrected chi connectivity index (χ0v) is 25.5. The molecule has 0 bridgehead atoms. The van der Waals surface area contributed by atoms with Crippen molar-refractivity contribution in [2.24, 2.45) is 0 Å². The third-order valence-electron chi connectivity index (χ3n) is 7.93. The average molecular weight is 642 g/mol. The van der Waals surface area contributed by atoms with Crippen LogP contribution in [0.4, 0.5) is 5.69 Å². The number of benzene rings is 5. The number of hydrogen-bond donors (Lipinski definition) is 1. The summed E-state index contributed by atoms with van der Waals surface area (Å²) in [6, 6.07) is 35.5. The summed E-state index contributed by atoms with van der Waals surface area (Å²) in [6.07, 6.45) is 0. The number of nitrogens with one attached hydrogen (secondary N) is 1. The highest BCUT2D eigenvalue weighted by atomic mass is 35.5. The highest BCUT2D eigenvalue weighted by Gasteiger charge is 2.17. The molecule has 3 aromatic heterocycles.